The summed E-state index contributed by atoms with van der Waals surface area (Å²) in [5, 5.41) is 10.2. The zero-order valence-electron chi connectivity index (χ0n) is 13.8. The van der Waals surface area contributed by atoms with Gasteiger partial charge in [0, 0.05) is 12.8 Å². The summed E-state index contributed by atoms with van der Waals surface area (Å²) in [4.78, 5) is 24.1. The van der Waals surface area contributed by atoms with E-state index in [1.807, 2.05) is 32.1 Å². The van der Waals surface area contributed by atoms with E-state index in [1.54, 1.807) is 6.07 Å². The first-order valence-corrected chi connectivity index (χ1v) is 8.20. The molecule has 0 fully saturated rings. The molecule has 0 saturated carbocycles. The fourth-order valence-electron chi connectivity index (χ4n) is 2.79. The molecule has 23 heavy (non-hydrogen) atoms. The van der Waals surface area contributed by atoms with Crippen LogP contribution in [0.25, 0.3) is 6.08 Å². The number of hydrogen-bond donors (Lipinski definition) is 1. The van der Waals surface area contributed by atoms with Gasteiger partial charge in [-0.2, -0.15) is 0 Å². The van der Waals surface area contributed by atoms with Crippen LogP contribution >= 0.6 is 0 Å². The summed E-state index contributed by atoms with van der Waals surface area (Å²) in [6, 6.07) is 3.43. The number of Topliss-reactive ketones (excluding diaryl/α,β-unsaturated/α-hetero) is 1. The number of ether oxygens (including phenoxy) is 1. The highest BCUT2D eigenvalue weighted by Gasteiger charge is 2.20. The number of aromatic hydroxyl groups is 1. The van der Waals surface area contributed by atoms with Crippen molar-refractivity contribution in [2.75, 3.05) is 0 Å². The van der Waals surface area contributed by atoms with Crippen molar-refractivity contribution in [3.05, 3.63) is 34.9 Å². The van der Waals surface area contributed by atoms with Crippen molar-refractivity contribution in [2.45, 2.75) is 58.5 Å². The molecule has 1 aliphatic heterocycles. The lowest BCUT2D eigenvalue weighted by molar-refractivity contribution is -0.119. The van der Waals surface area contributed by atoms with Crippen molar-refractivity contribution < 1.29 is 19.4 Å². The molecule has 2 rings (SSSR count). The van der Waals surface area contributed by atoms with E-state index in [2.05, 4.69) is 0 Å². The number of phenolic OH excluding ortho intramolecular Hbond substituents is 1. The van der Waals surface area contributed by atoms with Gasteiger partial charge in [0.2, 0.25) is 0 Å². The molecule has 1 aromatic rings. The van der Waals surface area contributed by atoms with E-state index in [1.165, 1.54) is 0 Å². The molecule has 0 aromatic heterocycles. The van der Waals surface area contributed by atoms with Crippen molar-refractivity contribution in [1.29, 1.82) is 0 Å². The van der Waals surface area contributed by atoms with E-state index in [0.29, 0.717) is 24.8 Å². The molecule has 4 nitrogen and oxygen atoms in total. The summed E-state index contributed by atoms with van der Waals surface area (Å²) in [6.45, 7) is 3.68. The van der Waals surface area contributed by atoms with Crippen molar-refractivity contribution in [1.82, 2.24) is 0 Å². The molecule has 1 unspecified atom stereocenters. The number of allylic oxidation sites excluding steroid dienone is 1. The Labute approximate surface area is 137 Å². The fourth-order valence-corrected chi connectivity index (χ4v) is 2.79. The van der Waals surface area contributed by atoms with Crippen LogP contribution in [0.4, 0.5) is 0 Å². The summed E-state index contributed by atoms with van der Waals surface area (Å²) in [6.07, 6.45) is 7.55. The average Bonchev–Trinajstić information content (AvgIpc) is 2.45. The lowest BCUT2D eigenvalue weighted by Gasteiger charge is -2.16. The molecule has 4 heteroatoms. The van der Waals surface area contributed by atoms with Crippen LogP contribution in [-0.4, -0.2) is 23.0 Å². The van der Waals surface area contributed by atoms with Gasteiger partial charge in [0.1, 0.15) is 17.1 Å². The lowest BCUT2D eigenvalue weighted by Crippen LogP contribution is -2.16. The van der Waals surface area contributed by atoms with Crippen molar-refractivity contribution in [2.24, 2.45) is 0 Å². The van der Waals surface area contributed by atoms with Gasteiger partial charge in [-0.05, 0) is 56.7 Å². The molecular weight excluding hydrogens is 292 g/mol. The zero-order valence-corrected chi connectivity index (χ0v) is 13.8. The maximum atomic E-state index is 12.4. The molecule has 124 valence electrons. The predicted octanol–water partition coefficient (Wildman–Crippen LogP) is 4.18. The molecular formula is C19H24O4. The normalized spacial score (nSPS) is 21.9. The Morgan fingerprint density at radius 1 is 1.17 bits per heavy atom. The van der Waals surface area contributed by atoms with E-state index in [9.17, 15) is 14.7 Å². The minimum absolute atomic E-state index is 0.0517. The first-order chi connectivity index (χ1) is 11.0. The Bertz CT molecular complexity index is 616. The molecule has 1 atom stereocenters. The highest BCUT2D eigenvalue weighted by Crippen LogP contribution is 2.27. The molecule has 0 radical (unpaired) electrons. The van der Waals surface area contributed by atoms with Gasteiger partial charge >= 0.3 is 5.97 Å². The number of phenols is 1. The Morgan fingerprint density at radius 3 is 2.70 bits per heavy atom. The second-order valence-electron chi connectivity index (χ2n) is 6.19. The van der Waals surface area contributed by atoms with Gasteiger partial charge in [-0.3, -0.25) is 4.79 Å². The summed E-state index contributed by atoms with van der Waals surface area (Å²) in [7, 11) is 0. The number of cyclic esters (lactones) is 1. The molecule has 1 aromatic carbocycles. The Balaban J connectivity index is 2.32. The first kappa shape index (κ1) is 17.3. The quantitative estimate of drug-likeness (QED) is 0.729. The second-order valence-corrected chi connectivity index (χ2v) is 6.19. The third kappa shape index (κ3) is 4.95. The molecule has 1 aliphatic rings. The molecule has 0 amide bonds. The van der Waals surface area contributed by atoms with Gasteiger partial charge in [-0.15, -0.1) is 0 Å². The number of hydrogen-bond acceptors (Lipinski definition) is 4. The standard InChI is InChI=1S/C19H24O4/c1-13-11-15-8-4-3-5-9-16(20)10-6-7-14(2)23-19(22)18(15)17(21)12-13/h4,8,11-12,14,21H,3,5-7,9-10H2,1-2H3/b8-4+. The SMILES string of the molecule is Cc1cc(O)c2c(c1)/C=C/CCCC(=O)CCCC(C)OC2=O. The first-order valence-electron chi connectivity index (χ1n) is 8.20. The molecule has 1 N–H and O–H groups in total. The number of carbonyl (C=O) groups is 2. The highest BCUT2D eigenvalue weighted by molar-refractivity contribution is 5.96. The number of aryl methyl sites for hydroxylation is 1. The second kappa shape index (κ2) is 7.95. The van der Waals surface area contributed by atoms with Crippen LogP contribution in [-0.2, 0) is 9.53 Å². The molecule has 0 bridgehead atoms. The maximum Gasteiger partial charge on any atom is 0.342 e. The van der Waals surface area contributed by atoms with Crippen molar-refractivity contribution >= 4 is 17.8 Å². The Hall–Kier alpha value is -2.10. The summed E-state index contributed by atoms with van der Waals surface area (Å²) < 4.78 is 5.43. The van der Waals surface area contributed by atoms with Crippen LogP contribution in [0.1, 0.15) is 66.9 Å². The minimum Gasteiger partial charge on any atom is -0.507 e. The monoisotopic (exact) mass is 316 g/mol. The smallest absolute Gasteiger partial charge is 0.342 e. The van der Waals surface area contributed by atoms with Gasteiger partial charge < -0.3 is 9.84 Å². The zero-order chi connectivity index (χ0) is 16.8. The van der Waals surface area contributed by atoms with Crippen molar-refractivity contribution in [3.8, 4) is 5.75 Å². The number of ketones is 1. The van der Waals surface area contributed by atoms with Gasteiger partial charge in [-0.1, -0.05) is 18.2 Å². The maximum absolute atomic E-state index is 12.4. The number of fused-ring (bicyclic) bond motifs is 1. The fraction of sp³-hybridized carbons (Fsp3) is 0.474. The molecule has 0 spiro atoms. The van der Waals surface area contributed by atoms with E-state index >= 15 is 0 Å². The van der Waals surface area contributed by atoms with E-state index in [0.717, 1.165) is 24.8 Å². The van der Waals surface area contributed by atoms with Gasteiger partial charge in [0.05, 0.1) is 6.10 Å². The molecule has 1 heterocycles. The highest BCUT2D eigenvalue weighted by atomic mass is 16.5. The van der Waals surface area contributed by atoms with E-state index in [-0.39, 0.29) is 23.2 Å². The molecule has 0 aliphatic carbocycles. The minimum atomic E-state index is -0.516. The summed E-state index contributed by atoms with van der Waals surface area (Å²) >= 11 is 0. The van der Waals surface area contributed by atoms with Crippen LogP contribution < -0.4 is 0 Å². The van der Waals surface area contributed by atoms with E-state index in [4.69, 9.17) is 4.74 Å². The average molecular weight is 316 g/mol. The summed E-state index contributed by atoms with van der Waals surface area (Å²) in [5.74, 6) is -0.301. The van der Waals surface area contributed by atoms with E-state index < -0.39 is 5.97 Å². The van der Waals surface area contributed by atoms with Crippen molar-refractivity contribution in [3.63, 3.8) is 0 Å². The number of benzene rings is 1. The third-order valence-corrected chi connectivity index (χ3v) is 3.99. The number of rotatable bonds is 0. The largest absolute Gasteiger partial charge is 0.507 e. The Morgan fingerprint density at radius 2 is 1.91 bits per heavy atom. The van der Waals surface area contributed by atoms with Gasteiger partial charge in [0.25, 0.3) is 0 Å². The lowest BCUT2D eigenvalue weighted by atomic mass is 10.0. The van der Waals surface area contributed by atoms with Crippen LogP contribution in [0.15, 0.2) is 18.2 Å². The van der Waals surface area contributed by atoms with Gasteiger partial charge in [-0.25, -0.2) is 4.79 Å². The number of esters is 1. The summed E-state index contributed by atoms with van der Waals surface area (Å²) in [5.41, 5.74) is 1.75. The van der Waals surface area contributed by atoms with Crippen LogP contribution in [0.3, 0.4) is 0 Å². The van der Waals surface area contributed by atoms with Crippen LogP contribution in [0.2, 0.25) is 0 Å². The van der Waals surface area contributed by atoms with Crippen LogP contribution in [0, 0.1) is 6.92 Å². The topological polar surface area (TPSA) is 63.6 Å². The third-order valence-electron chi connectivity index (χ3n) is 3.99. The van der Waals surface area contributed by atoms with Gasteiger partial charge in [0.15, 0.2) is 0 Å². The van der Waals surface area contributed by atoms with Crippen LogP contribution in [0.5, 0.6) is 5.75 Å². The number of carbonyl (C=O) groups excluding carboxylic acids is 2. The molecule has 0 saturated heterocycles. The predicted molar refractivity (Wildman–Crippen MR) is 89.5 cm³/mol. The Kier molecular flexibility index (Phi) is 5.97.